The molecule has 0 aromatic heterocycles. The summed E-state index contributed by atoms with van der Waals surface area (Å²) in [7, 11) is 2.96. The molecule has 4 aromatic rings. The molecule has 0 saturated heterocycles. The number of ether oxygens (including phenoxy) is 5. The van der Waals surface area contributed by atoms with Crippen LogP contribution in [0.1, 0.15) is 187 Å². The molecule has 0 unspecified atom stereocenters. The van der Waals surface area contributed by atoms with Crippen LogP contribution in [0.15, 0.2) is 109 Å². The summed E-state index contributed by atoms with van der Waals surface area (Å²) >= 11 is 0. The Labute approximate surface area is 501 Å². The molecule has 0 bridgehead atoms. The van der Waals surface area contributed by atoms with Crippen molar-refractivity contribution in [3.63, 3.8) is 0 Å². The van der Waals surface area contributed by atoms with E-state index in [1.54, 1.807) is 41.5 Å². The summed E-state index contributed by atoms with van der Waals surface area (Å²) in [5.41, 5.74) is 4.59. The van der Waals surface area contributed by atoms with E-state index in [9.17, 15) is 33.9 Å². The number of esters is 3. The van der Waals surface area contributed by atoms with E-state index in [0.717, 1.165) is 32.7 Å². The minimum atomic E-state index is -1.18. The van der Waals surface area contributed by atoms with Gasteiger partial charge >= 0.3 is 36.1 Å². The number of carboxylic acid groups (broad SMARTS) is 1. The Hall–Kier alpha value is -6.74. The number of hydrogen-bond donors (Lipinski definition) is 2. The number of aliphatic hydroxyl groups is 1. The molecule has 0 fully saturated rings. The van der Waals surface area contributed by atoms with Crippen molar-refractivity contribution in [2.24, 2.45) is 11.8 Å². The molecule has 0 aliphatic heterocycles. The maximum absolute atomic E-state index is 13.5. The average Bonchev–Trinajstić information content (AvgIpc) is 0.865. The van der Waals surface area contributed by atoms with Crippen LogP contribution in [0.4, 0.5) is 9.59 Å². The number of carbonyl (C=O) groups is 6. The number of hydrogen-bond acceptors (Lipinski definition) is 12. The van der Waals surface area contributed by atoms with E-state index in [2.05, 4.69) is 41.5 Å². The van der Waals surface area contributed by atoms with Crippen molar-refractivity contribution >= 4 is 36.1 Å². The third-order valence-corrected chi connectivity index (χ3v) is 12.0. The molecule has 2 N–H and O–H groups in total. The molecular formula is C65H112N2O13. The van der Waals surface area contributed by atoms with Crippen LogP contribution in [-0.2, 0) is 79.7 Å². The maximum atomic E-state index is 13.5. The predicted molar refractivity (Wildman–Crippen MR) is 332 cm³/mol. The normalized spacial score (nSPS) is 13.7. The highest BCUT2D eigenvalue weighted by Crippen LogP contribution is 2.25. The topological polar surface area (TPSA) is 196 Å². The van der Waals surface area contributed by atoms with Gasteiger partial charge < -0.3 is 33.9 Å². The number of rotatable bonds is 19. The molecule has 0 saturated carbocycles. The van der Waals surface area contributed by atoms with Gasteiger partial charge in [0.2, 0.25) is 6.10 Å². The predicted octanol–water partition coefficient (Wildman–Crippen LogP) is 15.1. The van der Waals surface area contributed by atoms with E-state index in [-0.39, 0.29) is 57.6 Å². The van der Waals surface area contributed by atoms with Crippen LogP contribution in [0.5, 0.6) is 0 Å². The Bertz CT molecular complexity index is 2560. The second kappa shape index (κ2) is 32.5. The van der Waals surface area contributed by atoms with Gasteiger partial charge in [-0.05, 0) is 110 Å². The van der Waals surface area contributed by atoms with Gasteiger partial charge in [0, 0.05) is 49.2 Å². The molecule has 2 amide bonds. The Morgan fingerprint density at radius 1 is 0.500 bits per heavy atom. The molecule has 80 heavy (non-hydrogen) atoms. The summed E-state index contributed by atoms with van der Waals surface area (Å²) in [5.74, 6) is -2.64. The first-order valence-corrected chi connectivity index (χ1v) is 27.1. The van der Waals surface area contributed by atoms with Crippen molar-refractivity contribution in [3.05, 3.63) is 143 Å². The largest absolute Gasteiger partial charge is 0.480 e. The minimum Gasteiger partial charge on any atom is -0.480 e. The lowest BCUT2D eigenvalue weighted by Crippen LogP contribution is -2.47. The molecule has 4 rings (SSSR count). The molecule has 4 atom stereocenters. The standard InChI is InChI=1S/C32H45NO6.C20H24O3.C12H23NO4.CH4.8H2/c1-22(2)19-26(33(9)30(36)39-32(6,7)8)28(34)38-27(29(35)37-21-24-13-11-10-12-14-24)20-23-15-17-25(18-16-23)31(3,4)5;1-20(2,3)17-11-9-15(10-12-17)13-18(21)19(22)23-14-16-7-5-4-6-8-16;1-8(2)7-9(10(14)15)13(6)11(16)17-12(3,4)5;;;;;;;;;/h10-18,22,26-27H,19-21H2,1-9H3;4-12,18,21H,13-14H2,1-3H3;8-9H,7H2,1-6H3,(H,14,15);1H4;8*1H/t26-,27+;18-;9-;;;;;;;;;/m010........./s1/i;;;;7*1+1D;1+1. The van der Waals surface area contributed by atoms with Crippen LogP contribution >= 0.6 is 0 Å². The lowest BCUT2D eigenvalue weighted by Gasteiger charge is -2.31. The number of carboxylic acids is 1. The second-order valence-corrected chi connectivity index (χ2v) is 24.7. The van der Waals surface area contributed by atoms with Crippen LogP contribution in [0.2, 0.25) is 0 Å². The van der Waals surface area contributed by atoms with Crippen molar-refractivity contribution in [2.75, 3.05) is 14.1 Å². The van der Waals surface area contributed by atoms with Gasteiger partial charge in [0.25, 0.3) is 0 Å². The van der Waals surface area contributed by atoms with Gasteiger partial charge in [0.05, 0.1) is 0 Å². The van der Waals surface area contributed by atoms with E-state index in [0.29, 0.717) is 12.8 Å². The molecule has 15 heteroatoms. The average molecular weight is 1140 g/mol. The number of amides is 2. The zero-order chi connectivity index (χ0) is 74.1. The molecule has 4 aromatic carbocycles. The van der Waals surface area contributed by atoms with Crippen LogP contribution in [-0.4, -0.2) is 106 Å². The zero-order valence-electron chi connectivity index (χ0n) is 64.4. The lowest BCUT2D eigenvalue weighted by atomic mass is 9.86. The van der Waals surface area contributed by atoms with Crippen molar-refractivity contribution < 1.29 is 84.9 Å². The fraction of sp³-hybridized carbons (Fsp3) is 0.538. The van der Waals surface area contributed by atoms with Gasteiger partial charge in [-0.15, -0.1) is 0 Å². The summed E-state index contributed by atoms with van der Waals surface area (Å²) in [6.07, 6.45) is -2.39. The van der Waals surface area contributed by atoms with Crippen LogP contribution in [0.3, 0.4) is 0 Å². The molecule has 0 aliphatic carbocycles. The van der Waals surface area contributed by atoms with Crippen molar-refractivity contribution in [2.45, 2.75) is 203 Å². The van der Waals surface area contributed by atoms with E-state index >= 15 is 0 Å². The number of nitrogens with zero attached hydrogens (tertiary/aromatic N) is 2. The van der Waals surface area contributed by atoms with E-state index in [4.69, 9.17) is 49.6 Å². The first kappa shape index (κ1) is 59.4. The van der Waals surface area contributed by atoms with Crippen molar-refractivity contribution in [3.8, 4) is 0 Å². The Morgan fingerprint density at radius 3 is 1.20 bits per heavy atom. The Kier molecular flexibility index (Phi) is 24.1. The molecule has 0 heterocycles. The highest BCUT2D eigenvalue weighted by molar-refractivity contribution is 5.85. The number of likely N-dealkylation sites (N-methyl/N-ethyl adjacent to an activating group) is 2. The quantitative estimate of drug-likeness (QED) is 0.0665. The number of aliphatic hydroxyl groups excluding tert-OH is 1. The fourth-order valence-electron chi connectivity index (χ4n) is 7.49. The fourth-order valence-corrected chi connectivity index (χ4v) is 7.49. The van der Waals surface area contributed by atoms with Gasteiger partial charge in [0.15, 0.2) is 6.10 Å². The third kappa shape index (κ3) is 27.4. The highest BCUT2D eigenvalue weighted by Gasteiger charge is 2.36. The zero-order valence-corrected chi connectivity index (χ0v) is 50.4. The SMILES string of the molecule is C.CC(C)(C)c1ccc(C[C@@H](O)C(=O)OCc2ccccc2)cc1.CC(C)C[C@@H](C(=O)O)N(C)C(=O)OC(C)(C)C.CC(C)C[C@@H](C(=O)O[C@H](Cc1ccc(C(C)(C)C)cc1)C(=O)OCc1ccccc1)N(C)C(=O)OC(C)(C)C.[2HH].[2H][2H].[2H][2H].[2H][2H].[2H][2H].[2H][2H].[2H][2H].[2H][2H]. The summed E-state index contributed by atoms with van der Waals surface area (Å²) in [6, 6.07) is 32.9. The molecule has 0 radical (unpaired) electrons. The maximum Gasteiger partial charge on any atom is 0.410 e. The number of carbonyl (C=O) groups excluding carboxylic acids is 5. The smallest absolute Gasteiger partial charge is 0.410 e. The van der Waals surface area contributed by atoms with Crippen molar-refractivity contribution in [1.29, 1.82) is 0 Å². The Balaban J connectivity index is -0.000000193. The van der Waals surface area contributed by atoms with Gasteiger partial charge in [0.1, 0.15) is 36.5 Å². The summed E-state index contributed by atoms with van der Waals surface area (Å²) < 4.78 is 97.1. The van der Waals surface area contributed by atoms with E-state index in [1.807, 2.05) is 137 Å². The molecule has 0 aliphatic rings. The highest BCUT2D eigenvalue weighted by atomic mass is 16.6. The Morgan fingerprint density at radius 2 is 0.850 bits per heavy atom. The van der Waals surface area contributed by atoms with E-state index < -0.39 is 71.6 Å². The van der Waals surface area contributed by atoms with Gasteiger partial charge in [-0.3, -0.25) is 9.80 Å². The van der Waals surface area contributed by atoms with Crippen LogP contribution in [0, 0.1) is 11.8 Å². The summed E-state index contributed by atoms with van der Waals surface area (Å²) in [4.78, 5) is 76.6. The van der Waals surface area contributed by atoms with Gasteiger partial charge in [-0.25, -0.2) is 28.8 Å². The van der Waals surface area contributed by atoms with Gasteiger partial charge in [-0.2, -0.15) is 0 Å². The lowest BCUT2D eigenvalue weighted by molar-refractivity contribution is -0.171. The monoisotopic (exact) mass is 1140 g/mol. The summed E-state index contributed by atoms with van der Waals surface area (Å²) in [5, 5.41) is 19.1. The van der Waals surface area contributed by atoms with Crippen molar-refractivity contribution in [1.82, 2.24) is 9.80 Å². The molecular weight excluding hydrogens is 1020 g/mol. The summed E-state index contributed by atoms with van der Waals surface area (Å²) in [6.45, 7) is 31.3. The first-order chi connectivity index (χ1) is 43.5. The van der Waals surface area contributed by atoms with Crippen LogP contribution < -0.4 is 0 Å². The van der Waals surface area contributed by atoms with Gasteiger partial charge in [-0.1, -0.05) is 186 Å². The first-order valence-electron chi connectivity index (χ1n) is 34.1. The molecule has 15 nitrogen and oxygen atoms in total. The molecule has 0 spiro atoms. The number of benzene rings is 4. The minimum absolute atomic E-state index is 0. The third-order valence-electron chi connectivity index (χ3n) is 12.0. The number of aliphatic carboxylic acids is 1. The second-order valence-electron chi connectivity index (χ2n) is 24.7. The van der Waals surface area contributed by atoms with E-state index in [1.165, 1.54) is 24.6 Å². The van der Waals surface area contributed by atoms with Crippen LogP contribution in [0.25, 0.3) is 0 Å². The molecule has 460 valence electrons.